The topological polar surface area (TPSA) is 0 Å². The molecule has 0 aromatic carbocycles. The molecule has 0 saturated heterocycles. The Labute approximate surface area is 106 Å². The maximum absolute atomic E-state index is 9.75. The zero-order valence-corrected chi connectivity index (χ0v) is 9.32. The molecule has 0 N–H and O–H groups in total. The molecule has 90 valence electrons. The summed E-state index contributed by atoms with van der Waals surface area (Å²) in [6.07, 6.45) is 20.0. The zero-order valence-electron chi connectivity index (χ0n) is 8.22. The normalized spacial score (nSPS) is 18.8. The van der Waals surface area contributed by atoms with Crippen LogP contribution in [0.15, 0.2) is 0 Å². The van der Waals surface area contributed by atoms with Crippen LogP contribution in [0.3, 0.4) is 0 Å². The molecule has 0 aromatic rings. The van der Waals surface area contributed by atoms with Crippen molar-refractivity contribution in [2.75, 3.05) is 0 Å². The number of hydrogen-bond acceptors (Lipinski definition) is 0. The summed E-state index contributed by atoms with van der Waals surface area (Å²) in [5.41, 5.74) is 0. The van der Waals surface area contributed by atoms with Gasteiger partial charge in [0.1, 0.15) is 0 Å². The molecule has 0 nitrogen and oxygen atoms in total. The Kier molecular flexibility index (Phi) is 13.7. The van der Waals surface area contributed by atoms with Crippen LogP contribution in [-0.4, -0.2) is 7.25 Å². The summed E-state index contributed by atoms with van der Waals surface area (Å²) in [5.74, 6) is 0. The summed E-state index contributed by atoms with van der Waals surface area (Å²) < 4.78 is 39.0. The molecule has 0 aromatic heterocycles. The van der Waals surface area contributed by atoms with E-state index in [2.05, 4.69) is 0 Å². The number of halogens is 4. The van der Waals surface area contributed by atoms with Gasteiger partial charge in [-0.25, -0.2) is 0 Å². The Balaban J connectivity index is 0. The van der Waals surface area contributed by atoms with Gasteiger partial charge in [-0.05, 0) is 64.2 Å². The van der Waals surface area contributed by atoms with Gasteiger partial charge in [0.2, 0.25) is 0 Å². The van der Waals surface area contributed by atoms with Crippen molar-refractivity contribution in [1.82, 2.24) is 0 Å². The van der Waals surface area contributed by atoms with Crippen LogP contribution in [0.1, 0.15) is 0 Å². The third-order valence-electron chi connectivity index (χ3n) is 1.11. The van der Waals surface area contributed by atoms with Crippen molar-refractivity contribution in [3.05, 3.63) is 64.2 Å². The summed E-state index contributed by atoms with van der Waals surface area (Å²) in [5, 5.41) is 0. The molecule has 2 saturated carbocycles. The third-order valence-corrected chi connectivity index (χ3v) is 1.11. The van der Waals surface area contributed by atoms with E-state index < -0.39 is 7.25 Å². The van der Waals surface area contributed by atoms with Crippen LogP contribution in [0.5, 0.6) is 0 Å². The Bertz CT molecular complexity index is 102. The van der Waals surface area contributed by atoms with Crippen LogP contribution >= 0.6 is 0 Å². The summed E-state index contributed by atoms with van der Waals surface area (Å²) in [7, 11) is -6.00. The van der Waals surface area contributed by atoms with E-state index in [1.165, 1.54) is 0 Å². The minimum Gasteiger partial charge on any atom is -0.418 e. The van der Waals surface area contributed by atoms with E-state index in [-0.39, 0.29) is 17.1 Å². The SMILES string of the molecule is F[B-](F)(F)F.[CH]1[CH][CH][CH][CH]1.[CH]1[CH][CH][CH][CH]1.[Fe]. The average Bonchev–Trinajstić information content (AvgIpc) is 2.81. The van der Waals surface area contributed by atoms with Crippen LogP contribution in [0, 0.1) is 64.2 Å². The zero-order chi connectivity index (χ0) is 11.6. The van der Waals surface area contributed by atoms with Crippen molar-refractivity contribution in [3.8, 4) is 0 Å². The summed E-state index contributed by atoms with van der Waals surface area (Å²) in [6.45, 7) is 0. The maximum Gasteiger partial charge on any atom is 0.673 e. The Morgan fingerprint density at radius 1 is 0.438 bits per heavy atom. The predicted molar refractivity (Wildman–Crippen MR) is 53.2 cm³/mol. The van der Waals surface area contributed by atoms with Gasteiger partial charge >= 0.3 is 7.25 Å². The monoisotopic (exact) mass is 273 g/mol. The molecule has 16 heavy (non-hydrogen) atoms. The van der Waals surface area contributed by atoms with E-state index in [0.717, 1.165) is 0 Å². The van der Waals surface area contributed by atoms with Gasteiger partial charge in [-0.2, -0.15) is 0 Å². The minimum absolute atomic E-state index is 0. The van der Waals surface area contributed by atoms with Gasteiger partial charge in [-0.15, -0.1) is 0 Å². The molecule has 0 spiro atoms. The van der Waals surface area contributed by atoms with Gasteiger partial charge in [0, 0.05) is 17.1 Å². The van der Waals surface area contributed by atoms with E-state index >= 15 is 0 Å². The molecule has 0 heterocycles. The first-order chi connectivity index (χ1) is 7.00. The molecular weight excluding hydrogens is 263 g/mol. The summed E-state index contributed by atoms with van der Waals surface area (Å²) in [4.78, 5) is 0. The molecule has 2 aliphatic rings. The maximum atomic E-state index is 9.75. The molecule has 6 heteroatoms. The molecule has 0 unspecified atom stereocenters. The first-order valence-electron chi connectivity index (χ1n) is 4.21. The minimum atomic E-state index is -6.00. The molecule has 0 aliphatic heterocycles. The van der Waals surface area contributed by atoms with Crippen molar-refractivity contribution >= 4 is 7.25 Å². The largest absolute Gasteiger partial charge is 0.673 e. The predicted octanol–water partition coefficient (Wildman–Crippen LogP) is 3.34. The molecular formula is C10H10BF4Fe-. The average molecular weight is 273 g/mol. The molecule has 2 fully saturated rings. The van der Waals surface area contributed by atoms with Gasteiger partial charge in [0.25, 0.3) is 0 Å². The fourth-order valence-corrected chi connectivity index (χ4v) is 0.642. The van der Waals surface area contributed by atoms with E-state index in [4.69, 9.17) is 0 Å². The summed E-state index contributed by atoms with van der Waals surface area (Å²) in [6, 6.07) is 0. The fraction of sp³-hybridized carbons (Fsp3) is 0. The van der Waals surface area contributed by atoms with Crippen molar-refractivity contribution in [2.45, 2.75) is 0 Å². The smallest absolute Gasteiger partial charge is 0.418 e. The van der Waals surface area contributed by atoms with Crippen LogP contribution < -0.4 is 0 Å². The third kappa shape index (κ3) is 23.8. The standard InChI is InChI=1S/2C5H5.BF4.Fe/c2*1-2-4-5-3-1;2-1(3,4)5;/h2*1-5H;;/q;;-1;. The first kappa shape index (κ1) is 18.7. The fourth-order valence-electron chi connectivity index (χ4n) is 0.642. The van der Waals surface area contributed by atoms with Crippen LogP contribution in [0.2, 0.25) is 0 Å². The van der Waals surface area contributed by atoms with E-state index in [1.807, 2.05) is 64.2 Å². The van der Waals surface area contributed by atoms with Crippen molar-refractivity contribution in [2.24, 2.45) is 0 Å². The van der Waals surface area contributed by atoms with Crippen LogP contribution in [-0.2, 0) is 17.1 Å². The molecule has 0 amide bonds. The van der Waals surface area contributed by atoms with Gasteiger partial charge < -0.3 is 17.3 Å². The van der Waals surface area contributed by atoms with Crippen LogP contribution in [0.25, 0.3) is 0 Å². The van der Waals surface area contributed by atoms with E-state index in [0.29, 0.717) is 0 Å². The molecule has 2 rings (SSSR count). The Hall–Kier alpha value is 0.304. The Morgan fingerprint density at radius 2 is 0.500 bits per heavy atom. The van der Waals surface area contributed by atoms with Gasteiger partial charge in [0.15, 0.2) is 0 Å². The molecule has 0 atom stereocenters. The van der Waals surface area contributed by atoms with Gasteiger partial charge in [0.05, 0.1) is 0 Å². The second kappa shape index (κ2) is 11.8. The van der Waals surface area contributed by atoms with E-state index in [1.54, 1.807) is 0 Å². The van der Waals surface area contributed by atoms with Gasteiger partial charge in [-0.1, -0.05) is 0 Å². The van der Waals surface area contributed by atoms with Gasteiger partial charge in [-0.3, -0.25) is 0 Å². The summed E-state index contributed by atoms with van der Waals surface area (Å²) >= 11 is 0. The quantitative estimate of drug-likeness (QED) is 0.469. The molecule has 0 bridgehead atoms. The second-order valence-corrected chi connectivity index (χ2v) is 2.42. The number of rotatable bonds is 0. The first-order valence-corrected chi connectivity index (χ1v) is 4.21. The second-order valence-electron chi connectivity index (χ2n) is 2.42. The van der Waals surface area contributed by atoms with Crippen LogP contribution in [0.4, 0.5) is 17.3 Å². The van der Waals surface area contributed by atoms with E-state index in [9.17, 15) is 17.3 Å². The Morgan fingerprint density at radius 3 is 0.562 bits per heavy atom. The van der Waals surface area contributed by atoms with Crippen molar-refractivity contribution in [3.63, 3.8) is 0 Å². The number of hydrogen-bond donors (Lipinski definition) is 0. The molecule has 2 aliphatic carbocycles. The van der Waals surface area contributed by atoms with Crippen molar-refractivity contribution < 1.29 is 34.3 Å². The van der Waals surface area contributed by atoms with Crippen molar-refractivity contribution in [1.29, 1.82) is 0 Å². The molecule has 10 radical (unpaired) electrons.